The number of nitrogens with two attached hydrogens (primary N) is 1. The zero-order valence-electron chi connectivity index (χ0n) is 15.1. The van der Waals surface area contributed by atoms with Gasteiger partial charge >= 0.3 is 6.03 Å². The van der Waals surface area contributed by atoms with Crippen LogP contribution in [0, 0.1) is 11.8 Å². The number of amides is 4. The van der Waals surface area contributed by atoms with Gasteiger partial charge in [0.1, 0.15) is 0 Å². The third-order valence-corrected chi connectivity index (χ3v) is 5.15. The van der Waals surface area contributed by atoms with Crippen molar-refractivity contribution in [1.82, 2.24) is 15.5 Å². The van der Waals surface area contributed by atoms with Crippen molar-refractivity contribution < 1.29 is 19.1 Å². The molecule has 2 bridgehead atoms. The Kier molecular flexibility index (Phi) is 4.82. The van der Waals surface area contributed by atoms with Crippen LogP contribution in [0.25, 0.3) is 0 Å². The average Bonchev–Trinajstić information content (AvgIpc) is 3.37. The predicted octanol–water partition coefficient (Wildman–Crippen LogP) is -0.261. The Hall–Kier alpha value is -3.20. The molecule has 2 fully saturated rings. The van der Waals surface area contributed by atoms with E-state index in [1.807, 2.05) is 42.5 Å². The first-order chi connectivity index (χ1) is 13.5. The quantitative estimate of drug-likeness (QED) is 0.279. The van der Waals surface area contributed by atoms with Crippen LogP contribution in [0.2, 0.25) is 0 Å². The van der Waals surface area contributed by atoms with Crippen LogP contribution in [0.15, 0.2) is 47.5 Å². The molecule has 0 radical (unpaired) electrons. The standard InChI is InChI=1S/C19H21N5O4/c20-18(23-19(27)22-10-11-4-2-1-3-5-11)21-8-9-24-16(25)14-12-6-7-13(28-12)15(14)17(24)26/h1-7,12-15H,8-10H2,(H4,20,21,22,23,27). The number of aliphatic imine (C=N–C) groups is 1. The number of imide groups is 1. The molecule has 9 heteroatoms. The van der Waals surface area contributed by atoms with E-state index in [0.717, 1.165) is 5.56 Å². The Balaban J connectivity index is 1.24. The van der Waals surface area contributed by atoms with Gasteiger partial charge in [0.2, 0.25) is 11.8 Å². The molecule has 4 unspecified atom stereocenters. The number of carbonyl (C=O) groups excluding carboxylic acids is 3. The van der Waals surface area contributed by atoms with Crippen molar-refractivity contribution >= 4 is 23.8 Å². The molecule has 3 heterocycles. The highest BCUT2D eigenvalue weighted by Gasteiger charge is 2.60. The highest BCUT2D eigenvalue weighted by Crippen LogP contribution is 2.44. The number of hydrogen-bond donors (Lipinski definition) is 3. The fraction of sp³-hybridized carbons (Fsp3) is 0.368. The molecule has 0 aromatic heterocycles. The first-order valence-corrected chi connectivity index (χ1v) is 9.12. The van der Waals surface area contributed by atoms with Gasteiger partial charge < -0.3 is 15.8 Å². The largest absolute Gasteiger partial charge is 0.370 e. The van der Waals surface area contributed by atoms with Crippen molar-refractivity contribution in [3.05, 3.63) is 48.0 Å². The van der Waals surface area contributed by atoms with Crippen molar-refractivity contribution in [2.75, 3.05) is 13.1 Å². The molecule has 3 aliphatic heterocycles. The van der Waals surface area contributed by atoms with Gasteiger partial charge in [-0.1, -0.05) is 42.5 Å². The number of urea groups is 1. The van der Waals surface area contributed by atoms with E-state index in [2.05, 4.69) is 15.6 Å². The number of guanidine groups is 1. The first kappa shape index (κ1) is 18.2. The number of nitrogens with zero attached hydrogens (tertiary/aromatic N) is 2. The third kappa shape index (κ3) is 3.36. The average molecular weight is 383 g/mol. The second-order valence-electron chi connectivity index (χ2n) is 6.89. The maximum absolute atomic E-state index is 12.5. The molecule has 28 heavy (non-hydrogen) atoms. The molecule has 0 saturated carbocycles. The molecule has 4 amide bonds. The summed E-state index contributed by atoms with van der Waals surface area (Å²) in [5.74, 6) is -1.38. The third-order valence-electron chi connectivity index (χ3n) is 5.15. The molecule has 1 aromatic rings. The van der Waals surface area contributed by atoms with Crippen LogP contribution >= 0.6 is 0 Å². The minimum atomic E-state index is -0.479. The number of rotatable bonds is 5. The van der Waals surface area contributed by atoms with Gasteiger partial charge in [-0.3, -0.25) is 24.8 Å². The molecule has 9 nitrogen and oxygen atoms in total. The van der Waals surface area contributed by atoms with Crippen molar-refractivity contribution in [1.29, 1.82) is 0 Å². The molecule has 0 aliphatic carbocycles. The smallest absolute Gasteiger partial charge is 0.321 e. The zero-order chi connectivity index (χ0) is 19.7. The summed E-state index contributed by atoms with van der Waals surface area (Å²) in [5, 5.41) is 5.09. The number of ether oxygens (including phenoxy) is 1. The van der Waals surface area contributed by atoms with Gasteiger partial charge in [0.05, 0.1) is 30.6 Å². The number of benzene rings is 1. The Morgan fingerprint density at radius 3 is 2.39 bits per heavy atom. The fourth-order valence-electron chi connectivity index (χ4n) is 3.83. The van der Waals surface area contributed by atoms with Gasteiger partial charge in [-0.25, -0.2) is 4.79 Å². The molecule has 4 atom stereocenters. The molecule has 2 saturated heterocycles. The lowest BCUT2D eigenvalue weighted by Crippen LogP contribution is -2.43. The van der Waals surface area contributed by atoms with E-state index in [0.29, 0.717) is 6.54 Å². The summed E-state index contributed by atoms with van der Waals surface area (Å²) in [4.78, 5) is 42.1. The Morgan fingerprint density at radius 1 is 1.11 bits per heavy atom. The number of hydrogen-bond acceptors (Lipinski definition) is 5. The minimum Gasteiger partial charge on any atom is -0.370 e. The minimum absolute atomic E-state index is 0.0741. The van der Waals surface area contributed by atoms with Crippen LogP contribution in [0.3, 0.4) is 0 Å². The molecule has 1 aromatic carbocycles. The summed E-state index contributed by atoms with van der Waals surface area (Å²) >= 11 is 0. The van der Waals surface area contributed by atoms with Gasteiger partial charge in [0, 0.05) is 13.1 Å². The van der Waals surface area contributed by atoms with Crippen molar-refractivity contribution in [3.8, 4) is 0 Å². The Labute approximate surface area is 161 Å². The second kappa shape index (κ2) is 7.43. The van der Waals surface area contributed by atoms with Crippen LogP contribution in [0.5, 0.6) is 0 Å². The fourth-order valence-corrected chi connectivity index (χ4v) is 3.83. The number of fused-ring (bicyclic) bond motifs is 5. The Morgan fingerprint density at radius 2 is 1.75 bits per heavy atom. The molecule has 4 N–H and O–H groups in total. The van der Waals surface area contributed by atoms with Gasteiger partial charge in [-0.05, 0) is 5.56 Å². The van der Waals surface area contributed by atoms with Gasteiger partial charge in [0.15, 0.2) is 5.96 Å². The lowest BCUT2D eigenvalue weighted by molar-refractivity contribution is -0.142. The first-order valence-electron chi connectivity index (χ1n) is 9.12. The van der Waals surface area contributed by atoms with Gasteiger partial charge in [-0.2, -0.15) is 0 Å². The second-order valence-corrected chi connectivity index (χ2v) is 6.89. The van der Waals surface area contributed by atoms with Crippen molar-refractivity contribution in [3.63, 3.8) is 0 Å². The van der Waals surface area contributed by atoms with Crippen molar-refractivity contribution in [2.45, 2.75) is 18.8 Å². The van der Waals surface area contributed by atoms with Crippen LogP contribution in [0.4, 0.5) is 4.79 Å². The van der Waals surface area contributed by atoms with Crippen molar-refractivity contribution in [2.24, 2.45) is 22.6 Å². The summed E-state index contributed by atoms with van der Waals surface area (Å²) < 4.78 is 5.59. The van der Waals surface area contributed by atoms with E-state index in [9.17, 15) is 14.4 Å². The zero-order valence-corrected chi connectivity index (χ0v) is 15.1. The van der Waals surface area contributed by atoms with Gasteiger partial charge in [-0.15, -0.1) is 0 Å². The SMILES string of the molecule is NC(=NCCN1C(=O)C2C3C=CC(O3)C2C1=O)NC(=O)NCc1ccccc1. The number of carbonyl (C=O) groups is 3. The monoisotopic (exact) mass is 383 g/mol. The maximum Gasteiger partial charge on any atom is 0.321 e. The highest BCUT2D eigenvalue weighted by molar-refractivity contribution is 6.06. The topological polar surface area (TPSA) is 126 Å². The van der Waals surface area contributed by atoms with Crippen LogP contribution in [-0.4, -0.2) is 54.0 Å². The number of nitrogens with one attached hydrogen (secondary N) is 2. The maximum atomic E-state index is 12.5. The van der Waals surface area contributed by atoms with E-state index in [1.165, 1.54) is 4.90 Å². The van der Waals surface area contributed by atoms with Crippen LogP contribution in [0.1, 0.15) is 5.56 Å². The van der Waals surface area contributed by atoms with E-state index >= 15 is 0 Å². The summed E-state index contributed by atoms with van der Waals surface area (Å²) in [6.07, 6.45) is 3.07. The summed E-state index contributed by atoms with van der Waals surface area (Å²) in [6, 6.07) is 8.97. The van der Waals surface area contributed by atoms with Crippen LogP contribution < -0.4 is 16.4 Å². The lowest BCUT2D eigenvalue weighted by atomic mass is 9.85. The van der Waals surface area contributed by atoms with E-state index < -0.39 is 17.9 Å². The molecular weight excluding hydrogens is 362 g/mol. The lowest BCUT2D eigenvalue weighted by Gasteiger charge is -2.16. The molecule has 0 spiro atoms. The molecule has 146 valence electrons. The normalized spacial score (nSPS) is 28.0. The highest BCUT2D eigenvalue weighted by atomic mass is 16.5. The molecular formula is C19H21N5O4. The van der Waals surface area contributed by atoms with E-state index in [1.54, 1.807) is 0 Å². The van der Waals surface area contributed by atoms with Crippen LogP contribution in [-0.2, 0) is 20.9 Å². The summed E-state index contributed by atoms with van der Waals surface area (Å²) in [5.41, 5.74) is 6.66. The van der Waals surface area contributed by atoms with E-state index in [4.69, 9.17) is 10.5 Å². The van der Waals surface area contributed by atoms with E-state index in [-0.39, 0.29) is 43.1 Å². The molecule has 3 aliphatic rings. The summed E-state index contributed by atoms with van der Waals surface area (Å²) in [6.45, 7) is 0.599. The van der Waals surface area contributed by atoms with Gasteiger partial charge in [0.25, 0.3) is 0 Å². The number of likely N-dealkylation sites (tertiary alicyclic amines) is 1. The Bertz CT molecular complexity index is 823. The molecule has 4 rings (SSSR count). The predicted molar refractivity (Wildman–Crippen MR) is 99.8 cm³/mol. The summed E-state index contributed by atoms with van der Waals surface area (Å²) in [7, 11) is 0.